The van der Waals surface area contributed by atoms with Crippen molar-refractivity contribution in [1.29, 1.82) is 0 Å². The number of guanidine groups is 1. The highest BCUT2D eigenvalue weighted by Gasteiger charge is 2.14. The first-order valence-corrected chi connectivity index (χ1v) is 11.1. The Kier molecular flexibility index (Phi) is 11.6. The Morgan fingerprint density at radius 2 is 1.90 bits per heavy atom. The minimum Gasteiger partial charge on any atom is -0.381 e. The number of nitrogens with one attached hydrogen (secondary N) is 2. The van der Waals surface area contributed by atoms with E-state index in [2.05, 4.69) is 54.8 Å². The van der Waals surface area contributed by atoms with E-state index in [1.54, 1.807) is 0 Å². The van der Waals surface area contributed by atoms with E-state index in [-0.39, 0.29) is 30.0 Å². The first kappa shape index (κ1) is 25.9. The molecule has 2 N–H and O–H groups in total. The monoisotopic (exact) mass is 557 g/mol. The molecule has 0 radical (unpaired) electrons. The minimum atomic E-state index is 0. The van der Waals surface area contributed by atoms with Crippen molar-refractivity contribution < 1.29 is 9.47 Å². The Balaban J connectivity index is 0.00000341. The normalized spacial score (nSPS) is 15.8. The zero-order chi connectivity index (χ0) is 21.2. The van der Waals surface area contributed by atoms with E-state index in [0.29, 0.717) is 19.3 Å². The molecule has 1 atom stereocenters. The molecule has 2 aromatic rings. The van der Waals surface area contributed by atoms with E-state index in [1.807, 2.05) is 18.2 Å². The Labute approximate surface area is 208 Å². The molecule has 170 valence electrons. The van der Waals surface area contributed by atoms with E-state index in [0.717, 1.165) is 54.7 Å². The molecule has 0 amide bonds. The molecule has 5 nitrogen and oxygen atoms in total. The summed E-state index contributed by atoms with van der Waals surface area (Å²) < 4.78 is 11.4. The number of hydrogen-bond donors (Lipinski definition) is 2. The molecule has 0 spiro atoms. The van der Waals surface area contributed by atoms with Crippen LogP contribution in [0.1, 0.15) is 49.4 Å². The second-order valence-electron chi connectivity index (χ2n) is 7.56. The van der Waals surface area contributed by atoms with Gasteiger partial charge in [-0.3, -0.25) is 0 Å². The summed E-state index contributed by atoms with van der Waals surface area (Å²) in [5.41, 5.74) is 3.47. The number of aliphatic imine (C=N–C) groups is 1. The van der Waals surface area contributed by atoms with Crippen LogP contribution >= 0.6 is 35.6 Å². The van der Waals surface area contributed by atoms with Gasteiger partial charge >= 0.3 is 0 Å². The van der Waals surface area contributed by atoms with Crippen molar-refractivity contribution in [3.05, 3.63) is 70.2 Å². The average Bonchev–Trinajstić information content (AvgIpc) is 2.77. The molecular formula is C24H33ClIN3O2. The molecule has 2 aromatic carbocycles. The molecule has 31 heavy (non-hydrogen) atoms. The second kappa shape index (κ2) is 13.9. The molecule has 0 aliphatic carbocycles. The molecule has 0 aromatic heterocycles. The minimum absolute atomic E-state index is 0. The molecule has 0 saturated carbocycles. The van der Waals surface area contributed by atoms with Crippen molar-refractivity contribution in [3.8, 4) is 0 Å². The molecule has 1 unspecified atom stereocenters. The quantitative estimate of drug-likeness (QED) is 0.257. The number of ether oxygens (including phenoxy) is 2. The highest BCUT2D eigenvalue weighted by Crippen LogP contribution is 2.18. The van der Waals surface area contributed by atoms with Gasteiger partial charge in [0, 0.05) is 24.8 Å². The van der Waals surface area contributed by atoms with Gasteiger partial charge in [-0.1, -0.05) is 48.0 Å². The number of rotatable bonds is 8. The lowest BCUT2D eigenvalue weighted by atomic mass is 10.1. The first-order chi connectivity index (χ1) is 14.6. The molecule has 1 aliphatic rings. The van der Waals surface area contributed by atoms with Crippen LogP contribution in [-0.2, 0) is 22.6 Å². The molecule has 7 heteroatoms. The molecule has 1 fully saturated rings. The SMILES string of the molecule is CCNC(=NCc1cccc(COC2CCOCC2)c1)NC(C)c1cccc(Cl)c1.I. The average molecular weight is 558 g/mol. The predicted molar refractivity (Wildman–Crippen MR) is 138 cm³/mol. The lowest BCUT2D eigenvalue weighted by Crippen LogP contribution is -2.38. The van der Waals surface area contributed by atoms with Crippen LogP contribution < -0.4 is 10.6 Å². The summed E-state index contributed by atoms with van der Waals surface area (Å²) >= 11 is 6.13. The van der Waals surface area contributed by atoms with Gasteiger partial charge in [0.25, 0.3) is 0 Å². The Morgan fingerprint density at radius 1 is 1.16 bits per heavy atom. The van der Waals surface area contributed by atoms with Crippen molar-refractivity contribution in [3.63, 3.8) is 0 Å². The number of hydrogen-bond acceptors (Lipinski definition) is 3. The third-order valence-electron chi connectivity index (χ3n) is 5.11. The molecular weight excluding hydrogens is 525 g/mol. The number of nitrogens with zero attached hydrogens (tertiary/aromatic N) is 1. The largest absolute Gasteiger partial charge is 0.381 e. The standard InChI is InChI=1S/C24H32ClN3O2.HI/c1-3-26-24(28-18(2)21-8-5-9-22(25)15-21)27-16-19-6-4-7-20(14-19)17-30-23-10-12-29-13-11-23;/h4-9,14-15,18,23H,3,10-13,16-17H2,1-2H3,(H2,26,27,28);1H. The highest BCUT2D eigenvalue weighted by atomic mass is 127. The zero-order valence-corrected chi connectivity index (χ0v) is 21.4. The van der Waals surface area contributed by atoms with Crippen molar-refractivity contribution >= 4 is 41.5 Å². The van der Waals surface area contributed by atoms with E-state index in [4.69, 9.17) is 26.1 Å². The summed E-state index contributed by atoms with van der Waals surface area (Å²) in [5.74, 6) is 0.786. The van der Waals surface area contributed by atoms with E-state index in [1.165, 1.54) is 5.56 Å². The van der Waals surface area contributed by atoms with Crippen LogP contribution in [0.5, 0.6) is 0 Å². The fraction of sp³-hybridized carbons (Fsp3) is 0.458. The number of benzene rings is 2. The van der Waals surface area contributed by atoms with Crippen molar-refractivity contribution in [1.82, 2.24) is 10.6 Å². The summed E-state index contributed by atoms with van der Waals surface area (Å²) in [6.45, 7) is 7.80. The van der Waals surface area contributed by atoms with Crippen LogP contribution in [0.15, 0.2) is 53.5 Å². The Hall–Kier alpha value is -1.35. The summed E-state index contributed by atoms with van der Waals surface area (Å²) in [4.78, 5) is 4.77. The highest BCUT2D eigenvalue weighted by molar-refractivity contribution is 14.0. The second-order valence-corrected chi connectivity index (χ2v) is 8.00. The van der Waals surface area contributed by atoms with Crippen LogP contribution in [0, 0.1) is 0 Å². The van der Waals surface area contributed by atoms with Crippen LogP contribution in [0.25, 0.3) is 0 Å². The fourth-order valence-electron chi connectivity index (χ4n) is 3.43. The maximum Gasteiger partial charge on any atom is 0.192 e. The van der Waals surface area contributed by atoms with Gasteiger partial charge in [0.2, 0.25) is 0 Å². The van der Waals surface area contributed by atoms with Gasteiger partial charge in [0.05, 0.1) is 25.3 Å². The van der Waals surface area contributed by atoms with Gasteiger partial charge in [-0.05, 0) is 55.5 Å². The smallest absolute Gasteiger partial charge is 0.192 e. The van der Waals surface area contributed by atoms with Gasteiger partial charge in [0.1, 0.15) is 0 Å². The van der Waals surface area contributed by atoms with E-state index >= 15 is 0 Å². The molecule has 1 heterocycles. The molecule has 1 aliphatic heterocycles. The van der Waals surface area contributed by atoms with Crippen LogP contribution in [0.3, 0.4) is 0 Å². The molecule has 3 rings (SSSR count). The van der Waals surface area contributed by atoms with Gasteiger partial charge in [0.15, 0.2) is 5.96 Å². The van der Waals surface area contributed by atoms with E-state index < -0.39 is 0 Å². The Morgan fingerprint density at radius 3 is 2.65 bits per heavy atom. The summed E-state index contributed by atoms with van der Waals surface area (Å²) in [6.07, 6.45) is 2.26. The third-order valence-corrected chi connectivity index (χ3v) is 5.35. The zero-order valence-electron chi connectivity index (χ0n) is 18.3. The third kappa shape index (κ3) is 8.96. The maximum atomic E-state index is 6.13. The van der Waals surface area contributed by atoms with Gasteiger partial charge in [-0.25, -0.2) is 4.99 Å². The summed E-state index contributed by atoms with van der Waals surface area (Å²) in [6, 6.07) is 16.4. The molecule has 0 bridgehead atoms. The first-order valence-electron chi connectivity index (χ1n) is 10.7. The summed E-state index contributed by atoms with van der Waals surface area (Å²) in [7, 11) is 0. The number of halogens is 2. The lowest BCUT2D eigenvalue weighted by molar-refractivity contribution is -0.0390. The van der Waals surface area contributed by atoms with Crippen LogP contribution in [0.4, 0.5) is 0 Å². The van der Waals surface area contributed by atoms with E-state index in [9.17, 15) is 0 Å². The lowest BCUT2D eigenvalue weighted by Gasteiger charge is -2.22. The fourth-order valence-corrected chi connectivity index (χ4v) is 3.63. The predicted octanol–water partition coefficient (Wildman–Crippen LogP) is 5.47. The van der Waals surface area contributed by atoms with Gasteiger partial charge < -0.3 is 20.1 Å². The summed E-state index contributed by atoms with van der Waals surface area (Å²) in [5, 5.41) is 7.52. The van der Waals surface area contributed by atoms with Crippen LogP contribution in [-0.4, -0.2) is 31.8 Å². The van der Waals surface area contributed by atoms with Crippen molar-refractivity contribution in [2.75, 3.05) is 19.8 Å². The van der Waals surface area contributed by atoms with Crippen LogP contribution in [0.2, 0.25) is 5.02 Å². The Bertz CT molecular complexity index is 828. The van der Waals surface area contributed by atoms with Crippen molar-refractivity contribution in [2.24, 2.45) is 4.99 Å². The van der Waals surface area contributed by atoms with Gasteiger partial charge in [-0.2, -0.15) is 0 Å². The molecule has 1 saturated heterocycles. The maximum absolute atomic E-state index is 6.13. The van der Waals surface area contributed by atoms with Crippen molar-refractivity contribution in [2.45, 2.75) is 52.0 Å². The topological polar surface area (TPSA) is 54.9 Å². The van der Waals surface area contributed by atoms with Gasteiger partial charge in [-0.15, -0.1) is 24.0 Å².